The van der Waals surface area contributed by atoms with Crippen molar-refractivity contribution in [2.24, 2.45) is 5.41 Å². The number of aryl methyl sites for hydroxylation is 1. The molecular formula is C22H25NO4. The lowest BCUT2D eigenvalue weighted by molar-refractivity contribution is -0.171. The van der Waals surface area contributed by atoms with E-state index in [1.807, 2.05) is 44.2 Å². The number of benzene rings is 1. The maximum Gasteiger partial charge on any atom is 0.324 e. The molecule has 0 bridgehead atoms. The third-order valence-electron chi connectivity index (χ3n) is 5.23. The quantitative estimate of drug-likeness (QED) is 0.597. The Morgan fingerprint density at radius 3 is 2.07 bits per heavy atom. The first kappa shape index (κ1) is 19.1. The van der Waals surface area contributed by atoms with Crippen LogP contribution in [0.15, 0.2) is 30.3 Å². The highest BCUT2D eigenvalue weighted by molar-refractivity contribution is 6.02. The summed E-state index contributed by atoms with van der Waals surface area (Å²) >= 11 is 0. The second kappa shape index (κ2) is 7.51. The molecule has 1 aromatic heterocycles. The average molecular weight is 367 g/mol. The van der Waals surface area contributed by atoms with Gasteiger partial charge in [0, 0.05) is 24.1 Å². The molecule has 0 saturated heterocycles. The van der Waals surface area contributed by atoms with E-state index in [0.717, 1.165) is 33.6 Å². The van der Waals surface area contributed by atoms with Gasteiger partial charge < -0.3 is 9.47 Å². The van der Waals surface area contributed by atoms with Gasteiger partial charge in [-0.05, 0) is 44.4 Å². The van der Waals surface area contributed by atoms with Crippen LogP contribution < -0.4 is 0 Å². The molecule has 0 saturated carbocycles. The first-order valence-corrected chi connectivity index (χ1v) is 9.33. The maximum atomic E-state index is 12.8. The van der Waals surface area contributed by atoms with E-state index in [4.69, 9.17) is 14.5 Å². The molecule has 3 rings (SSSR count). The van der Waals surface area contributed by atoms with Gasteiger partial charge in [0.15, 0.2) is 5.41 Å². The summed E-state index contributed by atoms with van der Waals surface area (Å²) in [6, 6.07) is 9.94. The summed E-state index contributed by atoms with van der Waals surface area (Å²) in [6.45, 7) is 7.86. The fraction of sp³-hybridized carbons (Fsp3) is 0.409. The lowest BCUT2D eigenvalue weighted by Gasteiger charge is -2.24. The highest BCUT2D eigenvalue weighted by Gasteiger charge is 2.54. The molecule has 1 aliphatic carbocycles. The van der Waals surface area contributed by atoms with Gasteiger partial charge in [0.05, 0.1) is 18.9 Å². The zero-order valence-corrected chi connectivity index (χ0v) is 16.3. The van der Waals surface area contributed by atoms with Gasteiger partial charge in [-0.15, -0.1) is 0 Å². The van der Waals surface area contributed by atoms with Crippen LogP contribution in [0.4, 0.5) is 0 Å². The predicted octanol–water partition coefficient (Wildman–Crippen LogP) is 3.58. The molecule has 1 heterocycles. The van der Waals surface area contributed by atoms with Crippen molar-refractivity contribution in [3.8, 4) is 11.3 Å². The predicted molar refractivity (Wildman–Crippen MR) is 102 cm³/mol. The number of pyridine rings is 1. The molecule has 1 aromatic carbocycles. The van der Waals surface area contributed by atoms with E-state index in [-0.39, 0.29) is 26.1 Å². The number of carbonyl (C=O) groups excluding carboxylic acids is 2. The van der Waals surface area contributed by atoms with Gasteiger partial charge >= 0.3 is 11.9 Å². The third kappa shape index (κ3) is 3.22. The average Bonchev–Trinajstić information content (AvgIpc) is 3.09. The first-order valence-electron chi connectivity index (χ1n) is 9.33. The van der Waals surface area contributed by atoms with Gasteiger partial charge in [0.2, 0.25) is 0 Å². The van der Waals surface area contributed by atoms with Crippen molar-refractivity contribution in [2.75, 3.05) is 13.2 Å². The van der Waals surface area contributed by atoms with Gasteiger partial charge in [0.25, 0.3) is 0 Å². The van der Waals surface area contributed by atoms with Crippen LogP contribution in [0.1, 0.15) is 36.2 Å². The summed E-state index contributed by atoms with van der Waals surface area (Å²) in [7, 11) is 0. The number of carbonyl (C=O) groups is 2. The summed E-state index contributed by atoms with van der Waals surface area (Å²) < 4.78 is 10.5. The minimum Gasteiger partial charge on any atom is -0.465 e. The Kier molecular flexibility index (Phi) is 5.31. The van der Waals surface area contributed by atoms with E-state index < -0.39 is 17.4 Å². The van der Waals surface area contributed by atoms with Crippen molar-refractivity contribution < 1.29 is 19.1 Å². The molecule has 27 heavy (non-hydrogen) atoms. The van der Waals surface area contributed by atoms with E-state index >= 15 is 0 Å². The van der Waals surface area contributed by atoms with E-state index in [1.165, 1.54) is 0 Å². The lowest BCUT2D eigenvalue weighted by Crippen LogP contribution is -2.43. The molecule has 0 fully saturated rings. The first-order chi connectivity index (χ1) is 12.9. The Hall–Kier alpha value is -2.69. The highest BCUT2D eigenvalue weighted by Crippen LogP contribution is 2.43. The van der Waals surface area contributed by atoms with Crippen molar-refractivity contribution in [3.05, 3.63) is 52.7 Å². The number of fused-ring (bicyclic) bond motifs is 1. The third-order valence-corrected chi connectivity index (χ3v) is 5.23. The van der Waals surface area contributed by atoms with Gasteiger partial charge in [-0.3, -0.25) is 14.6 Å². The fourth-order valence-corrected chi connectivity index (χ4v) is 3.83. The molecule has 0 N–H and O–H groups in total. The van der Waals surface area contributed by atoms with Crippen LogP contribution in [0.25, 0.3) is 11.3 Å². The molecule has 142 valence electrons. The fourth-order valence-electron chi connectivity index (χ4n) is 3.83. The summed E-state index contributed by atoms with van der Waals surface area (Å²) in [5.41, 5.74) is 4.37. The summed E-state index contributed by atoms with van der Waals surface area (Å²) in [5, 5.41) is 0. The molecule has 0 spiro atoms. The number of rotatable bonds is 5. The Labute approximate surface area is 159 Å². The topological polar surface area (TPSA) is 65.5 Å². The smallest absolute Gasteiger partial charge is 0.324 e. The van der Waals surface area contributed by atoms with E-state index in [9.17, 15) is 9.59 Å². The van der Waals surface area contributed by atoms with Crippen molar-refractivity contribution in [3.63, 3.8) is 0 Å². The van der Waals surface area contributed by atoms with Crippen LogP contribution in [-0.2, 0) is 31.9 Å². The standard InChI is InChI=1S/C22H25NO4/c1-5-26-20(24)22(21(25)27-6-2)12-17-14(3)19(16-10-8-7-9-11-16)23-15(4)18(17)13-22/h7-11H,5-6,12-13H2,1-4H3. The van der Waals surface area contributed by atoms with E-state index in [2.05, 4.69) is 0 Å². The summed E-state index contributed by atoms with van der Waals surface area (Å²) in [6.07, 6.45) is 0.559. The molecule has 1 aliphatic rings. The van der Waals surface area contributed by atoms with E-state index in [1.54, 1.807) is 13.8 Å². The molecule has 2 aromatic rings. The zero-order chi connectivity index (χ0) is 19.6. The second-order valence-electron chi connectivity index (χ2n) is 6.87. The molecule has 5 nitrogen and oxygen atoms in total. The molecule has 0 unspecified atom stereocenters. The SMILES string of the molecule is CCOC(=O)C1(C(=O)OCC)Cc2c(C)nc(-c3ccccc3)c(C)c2C1. The Morgan fingerprint density at radius 1 is 0.963 bits per heavy atom. The molecule has 0 radical (unpaired) electrons. The van der Waals surface area contributed by atoms with Crippen molar-refractivity contribution in [1.82, 2.24) is 4.98 Å². The van der Waals surface area contributed by atoms with Gasteiger partial charge in [-0.1, -0.05) is 30.3 Å². The van der Waals surface area contributed by atoms with Crippen molar-refractivity contribution in [2.45, 2.75) is 40.5 Å². The number of nitrogens with zero attached hydrogens (tertiary/aromatic N) is 1. The zero-order valence-electron chi connectivity index (χ0n) is 16.3. The monoisotopic (exact) mass is 367 g/mol. The maximum absolute atomic E-state index is 12.8. The molecule has 0 amide bonds. The van der Waals surface area contributed by atoms with Crippen molar-refractivity contribution >= 4 is 11.9 Å². The van der Waals surface area contributed by atoms with Crippen LogP contribution in [0.3, 0.4) is 0 Å². The minimum atomic E-state index is -1.32. The van der Waals surface area contributed by atoms with Gasteiger partial charge in [-0.25, -0.2) is 0 Å². The number of esters is 2. The molecule has 5 heteroatoms. The van der Waals surface area contributed by atoms with Crippen LogP contribution in [0, 0.1) is 19.3 Å². The van der Waals surface area contributed by atoms with E-state index in [0.29, 0.717) is 0 Å². The summed E-state index contributed by atoms with van der Waals surface area (Å²) in [4.78, 5) is 30.4. The number of aromatic nitrogens is 1. The van der Waals surface area contributed by atoms with Gasteiger partial charge in [0.1, 0.15) is 0 Å². The van der Waals surface area contributed by atoms with Crippen LogP contribution in [-0.4, -0.2) is 30.1 Å². The largest absolute Gasteiger partial charge is 0.465 e. The highest BCUT2D eigenvalue weighted by atomic mass is 16.6. The number of ether oxygens (including phenoxy) is 2. The van der Waals surface area contributed by atoms with Gasteiger partial charge in [-0.2, -0.15) is 0 Å². The van der Waals surface area contributed by atoms with Crippen LogP contribution in [0.5, 0.6) is 0 Å². The van der Waals surface area contributed by atoms with Crippen molar-refractivity contribution in [1.29, 1.82) is 0 Å². The number of hydrogen-bond acceptors (Lipinski definition) is 5. The lowest BCUT2D eigenvalue weighted by atomic mass is 9.84. The Bertz CT molecular complexity index is 856. The normalized spacial score (nSPS) is 14.5. The molecule has 0 aliphatic heterocycles. The molecule has 0 atom stereocenters. The summed E-state index contributed by atoms with van der Waals surface area (Å²) in [5.74, 6) is -1.03. The minimum absolute atomic E-state index is 0.224. The number of hydrogen-bond donors (Lipinski definition) is 0. The Morgan fingerprint density at radius 2 is 1.52 bits per heavy atom. The molecular weight excluding hydrogens is 342 g/mol. The van der Waals surface area contributed by atoms with Crippen LogP contribution in [0.2, 0.25) is 0 Å². The Balaban J connectivity index is 2.11. The second-order valence-corrected chi connectivity index (χ2v) is 6.87. The van der Waals surface area contributed by atoms with Crippen LogP contribution >= 0.6 is 0 Å².